The molecule has 1 aliphatic rings. The van der Waals surface area contributed by atoms with Gasteiger partial charge < -0.3 is 4.90 Å². The second-order valence-corrected chi connectivity index (χ2v) is 7.97. The van der Waals surface area contributed by atoms with E-state index in [1.807, 2.05) is 30.3 Å². The Morgan fingerprint density at radius 1 is 1.17 bits per heavy atom. The van der Waals surface area contributed by atoms with E-state index in [0.29, 0.717) is 21.6 Å². The average Bonchev–Trinajstić information content (AvgIpc) is 3.09. The van der Waals surface area contributed by atoms with Gasteiger partial charge in [-0.1, -0.05) is 49.5 Å². The number of rotatable bonds is 3. The van der Waals surface area contributed by atoms with Gasteiger partial charge in [-0.2, -0.15) is 4.98 Å². The molecule has 0 fully saturated rings. The van der Waals surface area contributed by atoms with Crippen LogP contribution in [0.25, 0.3) is 16.7 Å². The van der Waals surface area contributed by atoms with E-state index in [4.69, 9.17) is 12.2 Å². The van der Waals surface area contributed by atoms with Crippen molar-refractivity contribution in [2.45, 2.75) is 32.7 Å². The number of hydrogen-bond donors (Lipinski definition) is 1. The lowest BCUT2D eigenvalue weighted by molar-refractivity contribution is 0.739. The number of nitrogens with zero attached hydrogens (tertiary/aromatic N) is 4. The first-order valence-electron chi connectivity index (χ1n) is 10.0. The molecule has 3 heterocycles. The first-order valence-corrected chi connectivity index (χ1v) is 10.5. The minimum absolute atomic E-state index is 0.191. The molecule has 0 spiro atoms. The number of anilines is 2. The minimum atomic E-state index is -0.274. The van der Waals surface area contributed by atoms with Gasteiger partial charge in [0.15, 0.2) is 5.65 Å². The lowest BCUT2D eigenvalue weighted by atomic mass is 10.1. The average molecular weight is 416 g/mol. The highest BCUT2D eigenvalue weighted by Gasteiger charge is 2.29. The topological polar surface area (TPSA) is 66.8 Å². The molecule has 30 heavy (non-hydrogen) atoms. The molecule has 5 rings (SSSR count). The molecular formula is C23H21N5OS. The molecule has 150 valence electrons. The van der Waals surface area contributed by atoms with Crippen molar-refractivity contribution in [1.29, 1.82) is 0 Å². The number of nitrogens with one attached hydrogen (secondary N) is 1. The van der Waals surface area contributed by atoms with Crippen molar-refractivity contribution >= 4 is 34.9 Å². The minimum Gasteiger partial charge on any atom is -0.309 e. The Kier molecular flexibility index (Phi) is 4.47. The molecule has 0 bridgehead atoms. The predicted octanol–water partition coefficient (Wildman–Crippen LogP) is 4.48. The summed E-state index contributed by atoms with van der Waals surface area (Å²) in [7, 11) is 0. The smallest absolute Gasteiger partial charge is 0.264 e. The molecule has 0 saturated heterocycles. The number of benzene rings is 2. The van der Waals surface area contributed by atoms with Crippen LogP contribution in [-0.2, 0) is 12.8 Å². The zero-order chi connectivity index (χ0) is 20.8. The van der Waals surface area contributed by atoms with Crippen molar-refractivity contribution in [2.24, 2.45) is 0 Å². The normalized spacial score (nSPS) is 15.5. The van der Waals surface area contributed by atoms with E-state index in [9.17, 15) is 4.79 Å². The van der Waals surface area contributed by atoms with Crippen LogP contribution >= 0.6 is 12.2 Å². The summed E-state index contributed by atoms with van der Waals surface area (Å²) in [6.07, 6.45) is 3.51. The van der Waals surface area contributed by atoms with Gasteiger partial charge in [0.2, 0.25) is 5.95 Å². The maximum atomic E-state index is 13.0. The van der Waals surface area contributed by atoms with Crippen LogP contribution in [0.4, 0.5) is 11.6 Å². The first-order chi connectivity index (χ1) is 14.6. The Labute approximate surface area is 178 Å². The number of aromatic nitrogens is 4. The van der Waals surface area contributed by atoms with Gasteiger partial charge >= 0.3 is 0 Å². The van der Waals surface area contributed by atoms with E-state index < -0.39 is 0 Å². The summed E-state index contributed by atoms with van der Waals surface area (Å²) in [5.74, 6) is 0.497. The van der Waals surface area contributed by atoms with Gasteiger partial charge in [-0.25, -0.2) is 4.98 Å². The van der Waals surface area contributed by atoms with Crippen LogP contribution in [0.1, 0.15) is 25.0 Å². The fourth-order valence-corrected chi connectivity index (χ4v) is 4.44. The summed E-state index contributed by atoms with van der Waals surface area (Å²) in [6, 6.07) is 16.5. The molecule has 7 heteroatoms. The molecule has 1 atom stereocenters. The maximum absolute atomic E-state index is 13.0. The van der Waals surface area contributed by atoms with Gasteiger partial charge in [0, 0.05) is 17.4 Å². The van der Waals surface area contributed by atoms with E-state index in [2.05, 4.69) is 51.9 Å². The van der Waals surface area contributed by atoms with Crippen LogP contribution < -0.4 is 10.5 Å². The Morgan fingerprint density at radius 2 is 1.93 bits per heavy atom. The van der Waals surface area contributed by atoms with E-state index in [1.165, 1.54) is 11.1 Å². The van der Waals surface area contributed by atoms with Crippen LogP contribution in [-0.4, -0.2) is 25.6 Å². The van der Waals surface area contributed by atoms with Gasteiger partial charge in [0.05, 0.1) is 0 Å². The molecule has 0 saturated carbocycles. The van der Waals surface area contributed by atoms with Crippen molar-refractivity contribution in [3.05, 3.63) is 81.0 Å². The SMILES string of the molecule is CCc1ccc(-n2cnc3nc(N4c5ccccc5C[C@@H]4C)[nH]c(=O)c3c2=S)cc1. The summed E-state index contributed by atoms with van der Waals surface area (Å²) >= 11 is 5.64. The summed E-state index contributed by atoms with van der Waals surface area (Å²) < 4.78 is 2.15. The monoisotopic (exact) mass is 415 g/mol. The van der Waals surface area contributed by atoms with E-state index >= 15 is 0 Å². The number of H-pyrrole nitrogens is 1. The van der Waals surface area contributed by atoms with Gasteiger partial charge in [0.1, 0.15) is 16.4 Å². The molecule has 2 aromatic carbocycles. The molecule has 1 aliphatic heterocycles. The van der Waals surface area contributed by atoms with E-state index in [-0.39, 0.29) is 11.6 Å². The molecule has 0 aliphatic carbocycles. The summed E-state index contributed by atoms with van der Waals surface area (Å²) in [6.45, 7) is 4.23. The summed E-state index contributed by atoms with van der Waals surface area (Å²) in [4.78, 5) is 27.2. The molecular weight excluding hydrogens is 394 g/mol. The third-order valence-electron chi connectivity index (χ3n) is 5.67. The quantitative estimate of drug-likeness (QED) is 0.500. The standard InChI is InChI=1S/C23H21N5OS/c1-3-15-8-10-17(11-9-15)27-13-24-20-19(22(27)30)21(29)26-23(25-20)28-14(2)12-16-6-4-5-7-18(16)28/h4-11,13-14H,3,12H2,1-2H3,(H,25,26,29)/t14-/m0/s1. The number of para-hydroxylation sites is 1. The second kappa shape index (κ2) is 7.18. The van der Waals surface area contributed by atoms with Crippen LogP contribution in [0.15, 0.2) is 59.7 Å². The lowest BCUT2D eigenvalue weighted by Gasteiger charge is -2.23. The Balaban J connectivity index is 1.64. The van der Waals surface area contributed by atoms with Crippen molar-refractivity contribution in [2.75, 3.05) is 4.90 Å². The Hall–Kier alpha value is -3.32. The van der Waals surface area contributed by atoms with Crippen LogP contribution in [0, 0.1) is 4.64 Å². The Bertz CT molecular complexity index is 1370. The lowest BCUT2D eigenvalue weighted by Crippen LogP contribution is -2.28. The van der Waals surface area contributed by atoms with Crippen molar-refractivity contribution in [3.8, 4) is 5.69 Å². The number of hydrogen-bond acceptors (Lipinski definition) is 5. The highest BCUT2D eigenvalue weighted by atomic mass is 32.1. The Morgan fingerprint density at radius 3 is 2.70 bits per heavy atom. The summed E-state index contributed by atoms with van der Waals surface area (Å²) in [5.41, 5.74) is 4.50. The number of aryl methyl sites for hydroxylation is 1. The molecule has 0 radical (unpaired) electrons. The van der Waals surface area contributed by atoms with Gasteiger partial charge in [-0.15, -0.1) is 0 Å². The largest absolute Gasteiger partial charge is 0.309 e. The maximum Gasteiger partial charge on any atom is 0.264 e. The van der Waals surface area contributed by atoms with Gasteiger partial charge in [-0.05, 0) is 49.1 Å². The van der Waals surface area contributed by atoms with Crippen molar-refractivity contribution in [1.82, 2.24) is 19.5 Å². The molecule has 0 unspecified atom stereocenters. The summed E-state index contributed by atoms with van der Waals surface area (Å²) in [5, 5.41) is 0.330. The van der Waals surface area contributed by atoms with Crippen LogP contribution in [0.3, 0.4) is 0 Å². The second-order valence-electron chi connectivity index (χ2n) is 7.58. The highest BCUT2D eigenvalue weighted by Crippen LogP contribution is 2.36. The zero-order valence-corrected chi connectivity index (χ0v) is 17.6. The molecule has 1 N–H and O–H groups in total. The molecule has 2 aromatic heterocycles. The number of fused-ring (bicyclic) bond motifs is 2. The van der Waals surface area contributed by atoms with Crippen molar-refractivity contribution in [3.63, 3.8) is 0 Å². The van der Waals surface area contributed by atoms with Crippen LogP contribution in [0.5, 0.6) is 0 Å². The van der Waals surface area contributed by atoms with Crippen molar-refractivity contribution < 1.29 is 0 Å². The van der Waals surface area contributed by atoms with Gasteiger partial charge in [0.25, 0.3) is 5.56 Å². The van der Waals surface area contributed by atoms with Crippen LogP contribution in [0.2, 0.25) is 0 Å². The highest BCUT2D eigenvalue weighted by molar-refractivity contribution is 7.71. The van der Waals surface area contributed by atoms with E-state index in [1.54, 1.807) is 10.9 Å². The molecule has 4 aromatic rings. The third-order valence-corrected chi connectivity index (χ3v) is 6.07. The van der Waals surface area contributed by atoms with Gasteiger partial charge in [-0.3, -0.25) is 14.3 Å². The molecule has 6 nitrogen and oxygen atoms in total. The first kappa shape index (κ1) is 18.7. The fraction of sp³-hybridized carbons (Fsp3) is 0.217. The number of aromatic amines is 1. The molecule has 0 amide bonds. The fourth-order valence-electron chi connectivity index (χ4n) is 4.10. The van der Waals surface area contributed by atoms with E-state index in [0.717, 1.165) is 24.2 Å². The zero-order valence-electron chi connectivity index (χ0n) is 16.8. The third kappa shape index (κ3) is 2.93. The predicted molar refractivity (Wildman–Crippen MR) is 121 cm³/mol.